The van der Waals surface area contributed by atoms with Crippen molar-refractivity contribution < 1.29 is 9.59 Å². The summed E-state index contributed by atoms with van der Waals surface area (Å²) in [6.45, 7) is 3.31. The molecule has 0 unspecified atom stereocenters. The zero-order valence-corrected chi connectivity index (χ0v) is 18.0. The number of carbonyl (C=O) groups excluding carboxylic acids is 2. The molecule has 7 heteroatoms. The Morgan fingerprint density at radius 2 is 1.48 bits per heavy atom. The minimum absolute atomic E-state index is 0.141. The van der Waals surface area contributed by atoms with E-state index < -0.39 is 0 Å². The Morgan fingerprint density at radius 3 is 2.07 bits per heavy atom. The van der Waals surface area contributed by atoms with Crippen LogP contribution in [0.3, 0.4) is 0 Å². The molecule has 0 N–H and O–H groups in total. The normalized spacial score (nSPS) is 19.0. The SMILES string of the molecule is O=C(CC[C@H](Cc1ccc(Cl)cc1)C(=O)N1CCSCC1)N1CCSCC1. The monoisotopic (exact) mass is 426 g/mol. The lowest BCUT2D eigenvalue weighted by Gasteiger charge is -2.31. The molecule has 0 bridgehead atoms. The van der Waals surface area contributed by atoms with Gasteiger partial charge in [-0.25, -0.2) is 0 Å². The minimum Gasteiger partial charge on any atom is -0.341 e. The van der Waals surface area contributed by atoms with Crippen LogP contribution < -0.4 is 0 Å². The predicted molar refractivity (Wildman–Crippen MR) is 116 cm³/mol. The topological polar surface area (TPSA) is 40.6 Å². The first-order valence-corrected chi connectivity index (χ1v) is 12.3. The number of hydrogen-bond donors (Lipinski definition) is 0. The van der Waals surface area contributed by atoms with Crippen LogP contribution in [0.2, 0.25) is 5.02 Å². The van der Waals surface area contributed by atoms with Crippen molar-refractivity contribution in [2.75, 3.05) is 49.2 Å². The van der Waals surface area contributed by atoms with Crippen LogP contribution in [0.1, 0.15) is 18.4 Å². The van der Waals surface area contributed by atoms with Gasteiger partial charge in [0, 0.05) is 66.6 Å². The maximum Gasteiger partial charge on any atom is 0.226 e. The minimum atomic E-state index is -0.141. The molecule has 0 saturated carbocycles. The summed E-state index contributed by atoms with van der Waals surface area (Å²) >= 11 is 9.79. The molecule has 0 aromatic heterocycles. The zero-order chi connectivity index (χ0) is 19.1. The molecule has 3 rings (SSSR count). The molecule has 1 atom stereocenters. The number of amides is 2. The molecule has 2 aliphatic heterocycles. The van der Waals surface area contributed by atoms with Crippen molar-refractivity contribution in [1.29, 1.82) is 0 Å². The van der Waals surface area contributed by atoms with Crippen LogP contribution in [0, 0.1) is 5.92 Å². The van der Waals surface area contributed by atoms with E-state index in [1.54, 1.807) is 0 Å². The van der Waals surface area contributed by atoms with E-state index in [1.165, 1.54) is 0 Å². The molecule has 148 valence electrons. The van der Waals surface area contributed by atoms with E-state index in [0.29, 0.717) is 24.3 Å². The van der Waals surface area contributed by atoms with E-state index >= 15 is 0 Å². The van der Waals surface area contributed by atoms with E-state index in [4.69, 9.17) is 11.6 Å². The van der Waals surface area contributed by atoms with Gasteiger partial charge in [-0.15, -0.1) is 0 Å². The Labute approximate surface area is 175 Å². The van der Waals surface area contributed by atoms with Crippen LogP contribution in [-0.2, 0) is 16.0 Å². The largest absolute Gasteiger partial charge is 0.341 e. The van der Waals surface area contributed by atoms with Gasteiger partial charge in [0.1, 0.15) is 0 Å². The summed E-state index contributed by atoms with van der Waals surface area (Å²) in [6.07, 6.45) is 1.74. The molecule has 4 nitrogen and oxygen atoms in total. The lowest BCUT2D eigenvalue weighted by atomic mass is 9.93. The number of benzene rings is 1. The Kier molecular flexibility index (Phi) is 8.22. The van der Waals surface area contributed by atoms with Gasteiger partial charge >= 0.3 is 0 Å². The van der Waals surface area contributed by atoms with Gasteiger partial charge in [0.15, 0.2) is 0 Å². The van der Waals surface area contributed by atoms with Crippen molar-refractivity contribution in [2.24, 2.45) is 5.92 Å². The summed E-state index contributed by atoms with van der Waals surface area (Å²) < 4.78 is 0. The van der Waals surface area contributed by atoms with Gasteiger partial charge < -0.3 is 9.80 Å². The molecule has 2 fully saturated rings. The second-order valence-electron chi connectivity index (χ2n) is 7.00. The number of thioether (sulfide) groups is 2. The Morgan fingerprint density at radius 1 is 0.926 bits per heavy atom. The van der Waals surface area contributed by atoms with Crippen LogP contribution in [0.4, 0.5) is 0 Å². The maximum absolute atomic E-state index is 13.1. The summed E-state index contributed by atoms with van der Waals surface area (Å²) in [6, 6.07) is 7.70. The van der Waals surface area contributed by atoms with Crippen LogP contribution in [0.5, 0.6) is 0 Å². The summed E-state index contributed by atoms with van der Waals surface area (Å²) in [5, 5.41) is 0.702. The number of carbonyl (C=O) groups is 2. The molecule has 0 spiro atoms. The third-order valence-corrected chi connectivity index (χ3v) is 7.27. The first-order valence-electron chi connectivity index (χ1n) is 9.60. The van der Waals surface area contributed by atoms with E-state index in [2.05, 4.69) is 0 Å². The third kappa shape index (κ3) is 6.33. The lowest BCUT2D eigenvalue weighted by Crippen LogP contribution is -2.43. The Hall–Kier alpha value is -0.850. The predicted octanol–water partition coefficient (Wildman–Crippen LogP) is 3.43. The molecule has 2 saturated heterocycles. The first kappa shape index (κ1) is 20.9. The Balaban J connectivity index is 1.63. The molecule has 2 aliphatic rings. The van der Waals surface area contributed by atoms with Gasteiger partial charge in [-0.05, 0) is 30.5 Å². The zero-order valence-electron chi connectivity index (χ0n) is 15.6. The van der Waals surface area contributed by atoms with Crippen molar-refractivity contribution in [3.8, 4) is 0 Å². The van der Waals surface area contributed by atoms with Crippen LogP contribution in [0.15, 0.2) is 24.3 Å². The maximum atomic E-state index is 13.1. The van der Waals surface area contributed by atoms with Gasteiger partial charge in [-0.3, -0.25) is 9.59 Å². The molecular formula is C20H27ClN2O2S2. The fourth-order valence-electron chi connectivity index (χ4n) is 3.53. The average molecular weight is 427 g/mol. The summed E-state index contributed by atoms with van der Waals surface area (Å²) in [7, 11) is 0. The third-order valence-electron chi connectivity index (χ3n) is 5.14. The van der Waals surface area contributed by atoms with E-state index in [9.17, 15) is 9.59 Å². The highest BCUT2D eigenvalue weighted by Gasteiger charge is 2.27. The number of halogens is 1. The smallest absolute Gasteiger partial charge is 0.226 e. The van der Waals surface area contributed by atoms with Crippen molar-refractivity contribution in [2.45, 2.75) is 19.3 Å². The van der Waals surface area contributed by atoms with Crippen molar-refractivity contribution in [1.82, 2.24) is 9.80 Å². The molecule has 0 aliphatic carbocycles. The standard InChI is InChI=1S/C20H27ClN2O2S2/c21-18-4-1-16(2-5-18)15-17(20(25)23-9-13-27-14-10-23)3-6-19(24)22-7-11-26-12-8-22/h1-2,4-5,17H,3,6-15H2/t17-/m1/s1. The van der Waals surface area contributed by atoms with Gasteiger partial charge in [-0.2, -0.15) is 23.5 Å². The first-order chi connectivity index (χ1) is 13.1. The quantitative estimate of drug-likeness (QED) is 0.698. The average Bonchev–Trinajstić information content (AvgIpc) is 2.73. The fourth-order valence-corrected chi connectivity index (χ4v) is 5.46. The van der Waals surface area contributed by atoms with Gasteiger partial charge in [0.2, 0.25) is 11.8 Å². The number of rotatable bonds is 6. The second-order valence-corrected chi connectivity index (χ2v) is 9.88. The van der Waals surface area contributed by atoms with E-state index in [-0.39, 0.29) is 17.7 Å². The van der Waals surface area contributed by atoms with Gasteiger partial charge in [0.05, 0.1) is 0 Å². The van der Waals surface area contributed by atoms with Crippen molar-refractivity contribution >= 4 is 46.9 Å². The van der Waals surface area contributed by atoms with Crippen molar-refractivity contribution in [3.05, 3.63) is 34.9 Å². The molecule has 2 heterocycles. The van der Waals surface area contributed by atoms with Crippen LogP contribution >= 0.6 is 35.1 Å². The number of hydrogen-bond acceptors (Lipinski definition) is 4. The summed E-state index contributed by atoms with van der Waals surface area (Å²) in [5.74, 6) is 4.30. The van der Waals surface area contributed by atoms with Crippen LogP contribution in [-0.4, -0.2) is 70.8 Å². The van der Waals surface area contributed by atoms with Gasteiger partial charge in [-0.1, -0.05) is 23.7 Å². The molecule has 0 radical (unpaired) electrons. The summed E-state index contributed by atoms with van der Waals surface area (Å²) in [5.41, 5.74) is 1.10. The number of nitrogens with zero attached hydrogens (tertiary/aromatic N) is 2. The summed E-state index contributed by atoms with van der Waals surface area (Å²) in [4.78, 5) is 29.6. The lowest BCUT2D eigenvalue weighted by molar-refractivity contribution is -0.136. The molecule has 2 amide bonds. The molecule has 1 aromatic carbocycles. The fraction of sp³-hybridized carbons (Fsp3) is 0.600. The van der Waals surface area contributed by atoms with Crippen molar-refractivity contribution in [3.63, 3.8) is 0 Å². The highest BCUT2D eigenvalue weighted by Crippen LogP contribution is 2.22. The van der Waals surface area contributed by atoms with E-state index in [0.717, 1.165) is 54.8 Å². The molecule has 27 heavy (non-hydrogen) atoms. The highest BCUT2D eigenvalue weighted by molar-refractivity contribution is 7.99. The highest BCUT2D eigenvalue weighted by atomic mass is 35.5. The molecular weight excluding hydrogens is 400 g/mol. The second kappa shape index (κ2) is 10.6. The Bertz CT molecular complexity index is 629. The van der Waals surface area contributed by atoms with Crippen LogP contribution in [0.25, 0.3) is 0 Å². The van der Waals surface area contributed by atoms with Gasteiger partial charge in [0.25, 0.3) is 0 Å². The van der Waals surface area contributed by atoms with E-state index in [1.807, 2.05) is 57.6 Å². The molecule has 1 aromatic rings.